The van der Waals surface area contributed by atoms with E-state index in [9.17, 15) is 14.7 Å². The molecule has 7 atom stereocenters. The number of amides is 2. The number of fused-ring (bicyclic) bond motifs is 5. The van der Waals surface area contributed by atoms with Crippen LogP contribution in [0.2, 0.25) is 0 Å². The van der Waals surface area contributed by atoms with E-state index in [4.69, 9.17) is 4.74 Å². The van der Waals surface area contributed by atoms with Crippen LogP contribution < -0.4 is 25.2 Å². The second-order valence-corrected chi connectivity index (χ2v) is 17.0. The molecule has 0 aromatic heterocycles. The van der Waals surface area contributed by atoms with E-state index in [2.05, 4.69) is 78.2 Å². The number of methoxy groups -OCH3 is 1. The summed E-state index contributed by atoms with van der Waals surface area (Å²) < 4.78 is 6.10. The Morgan fingerprint density at radius 1 is 1.04 bits per heavy atom. The highest BCUT2D eigenvalue weighted by Gasteiger charge is 2.60. The lowest BCUT2D eigenvalue weighted by molar-refractivity contribution is -0.127. The van der Waals surface area contributed by atoms with Crippen LogP contribution in [0.25, 0.3) is 11.1 Å². The number of carbonyl (C=O) groups excluding carboxylic acids is 2. The van der Waals surface area contributed by atoms with Crippen molar-refractivity contribution < 1.29 is 19.4 Å². The molecule has 2 heterocycles. The van der Waals surface area contributed by atoms with E-state index in [1.165, 1.54) is 17.7 Å². The minimum Gasteiger partial charge on any atom is -0.496 e. The summed E-state index contributed by atoms with van der Waals surface area (Å²) in [5.41, 5.74) is 7.82. The number of anilines is 2. The first-order valence-electron chi connectivity index (χ1n) is 18.8. The van der Waals surface area contributed by atoms with Gasteiger partial charge < -0.3 is 30.3 Å². The Morgan fingerprint density at radius 3 is 2.56 bits per heavy atom. The second-order valence-electron chi connectivity index (χ2n) is 17.0. The SMILES string of the molecule is C=C1[C@@H](NC(=O)[C@@H]2C[C@H](O)CN2Cc2cccc(-c3cc(C(=O)NC45CC4c4ccccc4N(C)C5)cc(N(C)C)c3)c2OC)C[C@H]2C[C@@H]1C2(C)C. The third-order valence-corrected chi connectivity index (χ3v) is 13.2. The van der Waals surface area contributed by atoms with Gasteiger partial charge in [-0.2, -0.15) is 0 Å². The van der Waals surface area contributed by atoms with Crippen molar-refractivity contribution in [3.8, 4) is 16.9 Å². The van der Waals surface area contributed by atoms with E-state index >= 15 is 0 Å². The van der Waals surface area contributed by atoms with Crippen LogP contribution in [0.15, 0.2) is 72.8 Å². The fourth-order valence-electron chi connectivity index (χ4n) is 10.0. The standard InChI is InChI=1S/C43H53N5O4/c1-25-34-18-29(42(34,2)3)19-36(25)44-41(51)38-20-31(49)23-48(38)22-26-11-10-13-32(39(26)52-7)27-15-28(17-30(16-27)46(4)5)40(50)45-43-21-35(43)33-12-8-9-14-37(33)47(6)24-43/h8-17,29,31,34-36,38,49H,1,18-24H2,2-7H3,(H,44,51)(H,45,50)/t29-,31+,34+,35?,36+,38+,43?/m1/s1. The number of β-amino-alcohol motifs (C(OH)–C–C–N with tert-alkyl or cyclic N) is 1. The van der Waals surface area contributed by atoms with Gasteiger partial charge in [0.1, 0.15) is 5.75 Å². The topological polar surface area (TPSA) is 97.4 Å². The molecule has 6 aliphatic rings. The van der Waals surface area contributed by atoms with Crippen LogP contribution in [0.1, 0.15) is 66.9 Å². The molecule has 3 aromatic rings. The van der Waals surface area contributed by atoms with Crippen molar-refractivity contribution in [3.05, 3.63) is 89.5 Å². The van der Waals surface area contributed by atoms with Crippen molar-refractivity contribution in [2.75, 3.05) is 51.1 Å². The number of rotatable bonds is 9. The van der Waals surface area contributed by atoms with Gasteiger partial charge in [0.15, 0.2) is 0 Å². The van der Waals surface area contributed by atoms with E-state index in [0.717, 1.165) is 47.3 Å². The lowest BCUT2D eigenvalue weighted by Gasteiger charge is -2.60. The minimum absolute atomic E-state index is 0.0164. The Labute approximate surface area is 308 Å². The Bertz CT molecular complexity index is 1940. The molecular formula is C43H53N5O4. The third kappa shape index (κ3) is 5.77. The Kier molecular flexibility index (Phi) is 8.46. The molecule has 9 rings (SSSR count). The number of ether oxygens (including phenoxy) is 1. The Morgan fingerprint density at radius 2 is 1.83 bits per heavy atom. The van der Waals surface area contributed by atoms with Crippen molar-refractivity contribution >= 4 is 23.2 Å². The number of nitrogens with zero attached hydrogens (tertiary/aromatic N) is 3. The quantitative estimate of drug-likeness (QED) is 0.251. The summed E-state index contributed by atoms with van der Waals surface area (Å²) in [6.45, 7) is 10.7. The molecule has 4 aliphatic carbocycles. The third-order valence-electron chi connectivity index (χ3n) is 13.2. The monoisotopic (exact) mass is 703 g/mol. The van der Waals surface area contributed by atoms with Gasteiger partial charge in [0.2, 0.25) is 5.91 Å². The zero-order valence-corrected chi connectivity index (χ0v) is 31.4. The zero-order valence-electron chi connectivity index (χ0n) is 31.4. The largest absolute Gasteiger partial charge is 0.496 e. The minimum atomic E-state index is -0.590. The first-order chi connectivity index (χ1) is 24.8. The van der Waals surface area contributed by atoms with Gasteiger partial charge in [-0.15, -0.1) is 0 Å². The fourth-order valence-corrected chi connectivity index (χ4v) is 10.0. The molecule has 52 heavy (non-hydrogen) atoms. The average Bonchev–Trinajstić information content (AvgIpc) is 3.71. The van der Waals surface area contributed by atoms with Crippen molar-refractivity contribution in [1.82, 2.24) is 15.5 Å². The van der Waals surface area contributed by atoms with Crippen LogP contribution in [0.4, 0.5) is 11.4 Å². The number of likely N-dealkylation sites (N-methyl/N-ethyl adjacent to an activating group) is 1. The maximum absolute atomic E-state index is 14.1. The summed E-state index contributed by atoms with van der Waals surface area (Å²) in [5.74, 6) is 1.92. The normalized spacial score (nSPS) is 29.8. The number of likely N-dealkylation sites (tertiary alicyclic amines) is 1. The maximum atomic E-state index is 14.1. The highest BCUT2D eigenvalue weighted by molar-refractivity contribution is 5.98. The summed E-state index contributed by atoms with van der Waals surface area (Å²) >= 11 is 0. The molecule has 5 fully saturated rings. The van der Waals surface area contributed by atoms with Crippen LogP contribution >= 0.6 is 0 Å². The zero-order chi connectivity index (χ0) is 36.7. The molecule has 4 saturated carbocycles. The molecule has 2 amide bonds. The molecule has 1 saturated heterocycles. The molecule has 2 bridgehead atoms. The summed E-state index contributed by atoms with van der Waals surface area (Å²) in [5, 5.41) is 17.5. The Balaban J connectivity index is 1.03. The highest BCUT2D eigenvalue weighted by Crippen LogP contribution is 2.61. The van der Waals surface area contributed by atoms with E-state index in [0.29, 0.717) is 48.6 Å². The van der Waals surface area contributed by atoms with Gasteiger partial charge in [-0.1, -0.05) is 62.4 Å². The second kappa shape index (κ2) is 12.7. The molecule has 0 spiro atoms. The van der Waals surface area contributed by atoms with Gasteiger partial charge in [0.25, 0.3) is 5.91 Å². The van der Waals surface area contributed by atoms with Gasteiger partial charge in [0, 0.05) is 74.8 Å². The molecule has 2 unspecified atom stereocenters. The molecule has 9 nitrogen and oxygen atoms in total. The van der Waals surface area contributed by atoms with Gasteiger partial charge in [-0.25, -0.2) is 0 Å². The van der Waals surface area contributed by atoms with Crippen LogP contribution in [0, 0.1) is 17.3 Å². The maximum Gasteiger partial charge on any atom is 0.251 e. The average molecular weight is 704 g/mol. The predicted octanol–water partition coefficient (Wildman–Crippen LogP) is 5.58. The summed E-state index contributed by atoms with van der Waals surface area (Å²) in [4.78, 5) is 34.2. The van der Waals surface area contributed by atoms with Crippen molar-refractivity contribution in [3.63, 3.8) is 0 Å². The number of aliphatic hydroxyl groups excluding tert-OH is 1. The molecule has 3 N–H and O–H groups in total. The van der Waals surface area contributed by atoms with Crippen LogP contribution in [0.5, 0.6) is 5.75 Å². The molecule has 3 aromatic carbocycles. The predicted molar refractivity (Wildman–Crippen MR) is 206 cm³/mol. The lowest BCUT2D eigenvalue weighted by atomic mass is 9.46. The number of aliphatic hydroxyl groups is 1. The summed E-state index contributed by atoms with van der Waals surface area (Å²) in [6, 6.07) is 20.1. The lowest BCUT2D eigenvalue weighted by Crippen LogP contribution is -2.58. The number of benzene rings is 3. The van der Waals surface area contributed by atoms with Crippen LogP contribution in [-0.4, -0.2) is 86.9 Å². The number of para-hydroxylation sites is 2. The van der Waals surface area contributed by atoms with Gasteiger partial charge >= 0.3 is 0 Å². The van der Waals surface area contributed by atoms with Crippen molar-refractivity contribution in [2.45, 2.75) is 75.7 Å². The number of carbonyl (C=O) groups is 2. The van der Waals surface area contributed by atoms with Gasteiger partial charge in [-0.3, -0.25) is 14.5 Å². The molecule has 2 aliphatic heterocycles. The van der Waals surface area contributed by atoms with Gasteiger partial charge in [-0.05, 0) is 78.3 Å². The molecular weight excluding hydrogens is 651 g/mol. The number of nitrogens with one attached hydrogen (secondary N) is 2. The molecule has 0 radical (unpaired) electrons. The van der Waals surface area contributed by atoms with E-state index < -0.39 is 12.1 Å². The van der Waals surface area contributed by atoms with E-state index in [-0.39, 0.29) is 28.8 Å². The van der Waals surface area contributed by atoms with Gasteiger partial charge in [0.05, 0.1) is 30.8 Å². The smallest absolute Gasteiger partial charge is 0.251 e. The fraction of sp³-hybridized carbons (Fsp3) is 0.488. The number of hydrogen-bond acceptors (Lipinski definition) is 7. The van der Waals surface area contributed by atoms with E-state index in [1.54, 1.807) is 7.11 Å². The van der Waals surface area contributed by atoms with E-state index in [1.807, 2.05) is 49.3 Å². The van der Waals surface area contributed by atoms with Crippen LogP contribution in [0.3, 0.4) is 0 Å². The highest BCUT2D eigenvalue weighted by atomic mass is 16.5. The molecule has 274 valence electrons. The summed E-state index contributed by atoms with van der Waals surface area (Å²) in [6.07, 6.45) is 2.82. The number of hydrogen-bond donors (Lipinski definition) is 3. The van der Waals surface area contributed by atoms with Crippen molar-refractivity contribution in [2.24, 2.45) is 17.3 Å². The summed E-state index contributed by atoms with van der Waals surface area (Å²) in [7, 11) is 7.72. The van der Waals surface area contributed by atoms with Crippen LogP contribution in [-0.2, 0) is 11.3 Å². The first-order valence-corrected chi connectivity index (χ1v) is 18.8. The first kappa shape index (κ1) is 34.7. The molecule has 9 heteroatoms. The van der Waals surface area contributed by atoms with Crippen molar-refractivity contribution in [1.29, 1.82) is 0 Å². The Hall–Kier alpha value is -4.34.